The van der Waals surface area contributed by atoms with Crippen LogP contribution in [0, 0.1) is 5.82 Å². The summed E-state index contributed by atoms with van der Waals surface area (Å²) in [6.45, 7) is 4.89. The van der Waals surface area contributed by atoms with E-state index in [1.807, 2.05) is 0 Å². The van der Waals surface area contributed by atoms with Crippen molar-refractivity contribution in [2.75, 3.05) is 39.4 Å². The van der Waals surface area contributed by atoms with Crippen molar-refractivity contribution in [1.29, 1.82) is 0 Å². The summed E-state index contributed by atoms with van der Waals surface area (Å²) in [6, 6.07) is 4.35. The second kappa shape index (κ2) is 7.71. The van der Waals surface area contributed by atoms with Gasteiger partial charge in [0.1, 0.15) is 5.82 Å². The number of hydrogen-bond acceptors (Lipinski definition) is 3. The van der Waals surface area contributed by atoms with Crippen molar-refractivity contribution in [3.8, 4) is 0 Å². The van der Waals surface area contributed by atoms with Gasteiger partial charge in [-0.15, -0.1) is 0 Å². The highest BCUT2D eigenvalue weighted by Crippen LogP contribution is 2.15. The van der Waals surface area contributed by atoms with Gasteiger partial charge in [0, 0.05) is 24.1 Å². The molecule has 20 heavy (non-hydrogen) atoms. The van der Waals surface area contributed by atoms with Gasteiger partial charge in [0.25, 0.3) is 5.91 Å². The summed E-state index contributed by atoms with van der Waals surface area (Å²) in [6.07, 6.45) is 0.849. The number of carbonyl (C=O) groups is 1. The lowest BCUT2D eigenvalue weighted by Gasteiger charge is -2.26. The highest BCUT2D eigenvalue weighted by molar-refractivity contribution is 9.10. The summed E-state index contributed by atoms with van der Waals surface area (Å²) in [4.78, 5) is 14.2. The molecule has 1 saturated heterocycles. The van der Waals surface area contributed by atoms with Crippen LogP contribution in [0.25, 0.3) is 0 Å². The Kier molecular flexibility index (Phi) is 5.94. The quantitative estimate of drug-likeness (QED) is 0.831. The number of rotatable bonds is 5. The molecule has 6 heteroatoms. The summed E-state index contributed by atoms with van der Waals surface area (Å²) in [7, 11) is 0. The Hall–Kier alpha value is -0.980. The molecule has 1 aliphatic rings. The zero-order valence-corrected chi connectivity index (χ0v) is 12.8. The van der Waals surface area contributed by atoms with E-state index in [2.05, 4.69) is 26.1 Å². The largest absolute Gasteiger partial charge is 0.379 e. The summed E-state index contributed by atoms with van der Waals surface area (Å²) in [5.74, 6) is -0.871. The molecule has 0 aliphatic carbocycles. The molecule has 1 aromatic carbocycles. The maximum atomic E-state index is 13.5. The van der Waals surface area contributed by atoms with Crippen LogP contribution in [0.3, 0.4) is 0 Å². The molecule has 2 rings (SSSR count). The molecule has 0 aromatic heterocycles. The standard InChI is InChI=1S/C14H18BrFN2O2/c15-11-2-3-13(16)12(10-11)14(19)17-4-1-5-18-6-8-20-9-7-18/h2-3,10H,1,4-9H2,(H,17,19). The van der Waals surface area contributed by atoms with Crippen LogP contribution in [0.5, 0.6) is 0 Å². The molecule has 0 bridgehead atoms. The number of hydrogen-bond donors (Lipinski definition) is 1. The highest BCUT2D eigenvalue weighted by Gasteiger charge is 2.12. The number of ether oxygens (including phenoxy) is 1. The van der Waals surface area contributed by atoms with Gasteiger partial charge < -0.3 is 10.1 Å². The monoisotopic (exact) mass is 344 g/mol. The fourth-order valence-electron chi connectivity index (χ4n) is 2.10. The Morgan fingerprint density at radius 2 is 2.15 bits per heavy atom. The first-order chi connectivity index (χ1) is 9.66. The van der Waals surface area contributed by atoms with E-state index in [-0.39, 0.29) is 11.5 Å². The predicted molar refractivity (Wildman–Crippen MR) is 78.3 cm³/mol. The molecule has 1 fully saturated rings. The number of benzene rings is 1. The van der Waals surface area contributed by atoms with Crippen LogP contribution < -0.4 is 5.32 Å². The minimum absolute atomic E-state index is 0.0748. The van der Waals surface area contributed by atoms with E-state index in [1.54, 1.807) is 6.07 Å². The molecule has 0 spiro atoms. The lowest BCUT2D eigenvalue weighted by atomic mass is 10.2. The molecule has 1 N–H and O–H groups in total. The third-order valence-corrected chi connectivity index (χ3v) is 3.71. The molecule has 1 aliphatic heterocycles. The number of carbonyl (C=O) groups excluding carboxylic acids is 1. The van der Waals surface area contributed by atoms with Gasteiger partial charge in [-0.05, 0) is 31.2 Å². The number of nitrogens with one attached hydrogen (secondary N) is 1. The normalized spacial score (nSPS) is 16.1. The second-order valence-corrected chi connectivity index (χ2v) is 5.60. The SMILES string of the molecule is O=C(NCCCN1CCOCC1)c1cc(Br)ccc1F. The van der Waals surface area contributed by atoms with Crippen LogP contribution in [0.4, 0.5) is 4.39 Å². The average Bonchev–Trinajstić information content (AvgIpc) is 2.47. The molecule has 0 saturated carbocycles. The first kappa shape index (κ1) is 15.4. The summed E-state index contributed by atoms with van der Waals surface area (Å²) >= 11 is 3.23. The van der Waals surface area contributed by atoms with Crippen molar-refractivity contribution in [3.63, 3.8) is 0 Å². The van der Waals surface area contributed by atoms with Gasteiger partial charge in [0.15, 0.2) is 0 Å². The van der Waals surface area contributed by atoms with E-state index in [9.17, 15) is 9.18 Å². The molecule has 1 amide bonds. The molecule has 4 nitrogen and oxygen atoms in total. The van der Waals surface area contributed by atoms with Crippen LogP contribution in [-0.2, 0) is 4.74 Å². The Morgan fingerprint density at radius 1 is 1.40 bits per heavy atom. The van der Waals surface area contributed by atoms with E-state index < -0.39 is 5.82 Å². The minimum Gasteiger partial charge on any atom is -0.379 e. The number of nitrogens with zero attached hydrogens (tertiary/aromatic N) is 1. The van der Waals surface area contributed by atoms with Gasteiger partial charge in [-0.3, -0.25) is 9.69 Å². The van der Waals surface area contributed by atoms with Gasteiger partial charge >= 0.3 is 0 Å². The molecular weight excluding hydrogens is 327 g/mol. The number of halogens is 2. The molecule has 0 unspecified atom stereocenters. The van der Waals surface area contributed by atoms with E-state index in [0.29, 0.717) is 11.0 Å². The third-order valence-electron chi connectivity index (χ3n) is 3.21. The highest BCUT2D eigenvalue weighted by atomic mass is 79.9. The molecule has 110 valence electrons. The second-order valence-electron chi connectivity index (χ2n) is 4.69. The fourth-order valence-corrected chi connectivity index (χ4v) is 2.46. The van der Waals surface area contributed by atoms with Crippen molar-refractivity contribution in [3.05, 3.63) is 34.1 Å². The Morgan fingerprint density at radius 3 is 2.90 bits per heavy atom. The summed E-state index contributed by atoms with van der Waals surface area (Å²) < 4.78 is 19.5. The van der Waals surface area contributed by atoms with E-state index in [1.165, 1.54) is 12.1 Å². The molecule has 1 heterocycles. The fraction of sp³-hybridized carbons (Fsp3) is 0.500. The first-order valence-electron chi connectivity index (χ1n) is 6.70. The van der Waals surface area contributed by atoms with E-state index >= 15 is 0 Å². The van der Waals surface area contributed by atoms with Crippen molar-refractivity contribution >= 4 is 21.8 Å². The van der Waals surface area contributed by atoms with Gasteiger partial charge in [-0.25, -0.2) is 4.39 Å². The zero-order chi connectivity index (χ0) is 14.4. The van der Waals surface area contributed by atoms with Crippen LogP contribution in [-0.4, -0.2) is 50.2 Å². The van der Waals surface area contributed by atoms with Gasteiger partial charge in [0.05, 0.1) is 18.8 Å². The maximum Gasteiger partial charge on any atom is 0.254 e. The Labute approximate surface area is 126 Å². The molecule has 0 radical (unpaired) electrons. The van der Waals surface area contributed by atoms with Crippen molar-refractivity contribution in [2.24, 2.45) is 0 Å². The van der Waals surface area contributed by atoms with E-state index in [4.69, 9.17) is 4.74 Å². The van der Waals surface area contributed by atoms with Crippen molar-refractivity contribution in [2.45, 2.75) is 6.42 Å². The molecule has 0 atom stereocenters. The van der Waals surface area contributed by atoms with Crippen LogP contribution >= 0.6 is 15.9 Å². The average molecular weight is 345 g/mol. The van der Waals surface area contributed by atoms with Crippen LogP contribution in [0.15, 0.2) is 22.7 Å². The zero-order valence-electron chi connectivity index (χ0n) is 11.2. The number of amides is 1. The number of morpholine rings is 1. The minimum atomic E-state index is -0.501. The Balaban J connectivity index is 1.73. The van der Waals surface area contributed by atoms with Gasteiger partial charge in [-0.1, -0.05) is 15.9 Å². The summed E-state index contributed by atoms with van der Waals surface area (Å²) in [5, 5.41) is 2.75. The Bertz CT molecular complexity index is 464. The predicted octanol–water partition coefficient (Wildman–Crippen LogP) is 2.04. The van der Waals surface area contributed by atoms with Crippen LogP contribution in [0.1, 0.15) is 16.8 Å². The lowest BCUT2D eigenvalue weighted by molar-refractivity contribution is 0.0374. The topological polar surface area (TPSA) is 41.6 Å². The first-order valence-corrected chi connectivity index (χ1v) is 7.49. The lowest BCUT2D eigenvalue weighted by Crippen LogP contribution is -2.38. The molecular formula is C14H18BrFN2O2. The smallest absolute Gasteiger partial charge is 0.254 e. The maximum absolute atomic E-state index is 13.5. The summed E-state index contributed by atoms with van der Waals surface area (Å²) in [5.41, 5.74) is 0.0748. The molecule has 1 aromatic rings. The van der Waals surface area contributed by atoms with E-state index in [0.717, 1.165) is 39.3 Å². The van der Waals surface area contributed by atoms with Crippen molar-refractivity contribution in [1.82, 2.24) is 10.2 Å². The van der Waals surface area contributed by atoms with Crippen LogP contribution in [0.2, 0.25) is 0 Å². The van der Waals surface area contributed by atoms with Gasteiger partial charge in [-0.2, -0.15) is 0 Å². The third kappa shape index (κ3) is 4.54. The van der Waals surface area contributed by atoms with Gasteiger partial charge in [0.2, 0.25) is 0 Å². The van der Waals surface area contributed by atoms with Crippen molar-refractivity contribution < 1.29 is 13.9 Å².